The lowest BCUT2D eigenvalue weighted by molar-refractivity contribution is -0.161. The van der Waals surface area contributed by atoms with Gasteiger partial charge in [-0.25, -0.2) is 9.13 Å². The molecule has 0 aliphatic carbocycles. The van der Waals surface area contributed by atoms with Crippen LogP contribution in [0, 0.1) is 23.7 Å². The highest BCUT2D eigenvalue weighted by atomic mass is 31.2. The molecule has 0 aromatic rings. The Morgan fingerprint density at radius 1 is 0.298 bits per heavy atom. The molecule has 558 valence electrons. The van der Waals surface area contributed by atoms with Crippen LogP contribution in [0.15, 0.2) is 0 Å². The highest BCUT2D eigenvalue weighted by Crippen LogP contribution is 2.45. The summed E-state index contributed by atoms with van der Waals surface area (Å²) in [5.41, 5.74) is 0. The lowest BCUT2D eigenvalue weighted by atomic mass is 9.99. The van der Waals surface area contributed by atoms with E-state index in [9.17, 15) is 43.2 Å². The van der Waals surface area contributed by atoms with Crippen molar-refractivity contribution in [2.45, 2.75) is 395 Å². The van der Waals surface area contributed by atoms with Gasteiger partial charge >= 0.3 is 39.5 Å². The van der Waals surface area contributed by atoms with E-state index in [1.165, 1.54) is 173 Å². The fourth-order valence-electron chi connectivity index (χ4n) is 11.3. The number of unbranched alkanes of at least 4 members (excludes halogenated alkanes) is 37. The zero-order valence-electron chi connectivity index (χ0n) is 61.6. The van der Waals surface area contributed by atoms with E-state index in [1.807, 2.05) is 0 Å². The predicted octanol–water partition coefficient (Wildman–Crippen LogP) is 21.7. The molecule has 0 saturated heterocycles. The van der Waals surface area contributed by atoms with Gasteiger partial charge < -0.3 is 33.8 Å². The van der Waals surface area contributed by atoms with Gasteiger partial charge in [0.05, 0.1) is 26.4 Å². The Morgan fingerprint density at radius 3 is 0.755 bits per heavy atom. The van der Waals surface area contributed by atoms with Crippen molar-refractivity contribution in [2.75, 3.05) is 39.6 Å². The second-order valence-corrected chi connectivity index (χ2v) is 31.6. The summed E-state index contributed by atoms with van der Waals surface area (Å²) in [7, 11) is -9.91. The molecule has 19 heteroatoms. The van der Waals surface area contributed by atoms with Crippen LogP contribution in [0.5, 0.6) is 0 Å². The number of carbonyl (C=O) groups is 4. The number of aliphatic hydroxyl groups is 1. The Hall–Kier alpha value is -1.94. The minimum Gasteiger partial charge on any atom is -0.462 e. The highest BCUT2D eigenvalue weighted by Gasteiger charge is 2.30. The van der Waals surface area contributed by atoms with Gasteiger partial charge in [0.15, 0.2) is 12.2 Å². The van der Waals surface area contributed by atoms with E-state index in [2.05, 4.69) is 55.4 Å². The molecule has 0 saturated carbocycles. The third-order valence-corrected chi connectivity index (χ3v) is 19.6. The highest BCUT2D eigenvalue weighted by molar-refractivity contribution is 7.47. The van der Waals surface area contributed by atoms with Gasteiger partial charge in [-0.2, -0.15) is 0 Å². The molecule has 0 fully saturated rings. The molecule has 0 heterocycles. The SMILES string of the molecule is CCC(C)CCCCCCCCCCC(=O)OC[C@H](COP(=O)(O)OCC(O)COP(=O)(O)OC[C@@H](COC(=O)CCCCCCCCCC(C)C)OC(=O)CCCCCCCCCCCCCC(C)C)OC(=O)CCCCCCCCCCCCCCCCCC(C)C. The molecular formula is C75H146O17P2. The van der Waals surface area contributed by atoms with Crippen LogP contribution in [0.3, 0.4) is 0 Å². The maximum Gasteiger partial charge on any atom is 0.472 e. The lowest BCUT2D eigenvalue weighted by Crippen LogP contribution is -2.30. The van der Waals surface area contributed by atoms with Crippen LogP contribution >= 0.6 is 15.6 Å². The van der Waals surface area contributed by atoms with Gasteiger partial charge in [0.2, 0.25) is 0 Å². The van der Waals surface area contributed by atoms with E-state index in [1.54, 1.807) is 0 Å². The zero-order valence-corrected chi connectivity index (χ0v) is 63.4. The van der Waals surface area contributed by atoms with Crippen LogP contribution < -0.4 is 0 Å². The molecule has 3 N–H and O–H groups in total. The van der Waals surface area contributed by atoms with Gasteiger partial charge in [0, 0.05) is 25.7 Å². The number of rotatable bonds is 72. The van der Waals surface area contributed by atoms with Gasteiger partial charge in [0.1, 0.15) is 19.3 Å². The average Bonchev–Trinajstić information content (AvgIpc) is 1.52. The van der Waals surface area contributed by atoms with E-state index < -0.39 is 97.5 Å². The zero-order chi connectivity index (χ0) is 69.6. The molecule has 0 aromatic carbocycles. The van der Waals surface area contributed by atoms with Gasteiger partial charge in [-0.05, 0) is 49.4 Å². The molecule has 17 nitrogen and oxygen atoms in total. The summed E-state index contributed by atoms with van der Waals surface area (Å²) in [6.07, 6.45) is 48.6. The monoisotopic (exact) mass is 1380 g/mol. The molecule has 0 aliphatic rings. The fourth-order valence-corrected chi connectivity index (χ4v) is 12.9. The minimum absolute atomic E-state index is 0.105. The van der Waals surface area contributed by atoms with Crippen molar-refractivity contribution in [3.63, 3.8) is 0 Å². The molecule has 94 heavy (non-hydrogen) atoms. The summed E-state index contributed by atoms with van der Waals surface area (Å²) in [6, 6.07) is 0. The molecule has 0 radical (unpaired) electrons. The molecule has 0 bridgehead atoms. The first-order valence-corrected chi connectivity index (χ1v) is 41.7. The fraction of sp³-hybridized carbons (Fsp3) is 0.947. The second kappa shape index (κ2) is 64.4. The molecule has 0 spiro atoms. The Morgan fingerprint density at radius 2 is 0.511 bits per heavy atom. The standard InChI is InChI=1S/C75H146O17P2/c1-9-68(8)54-46-38-30-24-25-31-39-47-55-72(77)85-61-70(91-74(79)57-49-41-32-22-18-14-12-10-11-13-16-20-27-35-43-51-65(2)3)63-89-93(81,82)87-59-69(76)60-88-94(83,84)90-64-71(62-86-73(78)56-48-40-34-26-29-37-45-53-67(6)7)92-75(80)58-50-42-33-23-19-15-17-21-28-36-44-52-66(4)5/h65-71,76H,9-64H2,1-8H3,(H,81,82)(H,83,84)/t68?,69?,70-,71-/m1/s1. The Bertz CT molecular complexity index is 1850. The van der Waals surface area contributed by atoms with E-state index in [0.29, 0.717) is 31.6 Å². The van der Waals surface area contributed by atoms with Crippen LogP contribution in [0.4, 0.5) is 0 Å². The largest absolute Gasteiger partial charge is 0.472 e. The maximum atomic E-state index is 13.1. The third-order valence-electron chi connectivity index (χ3n) is 17.7. The first-order chi connectivity index (χ1) is 45.1. The first kappa shape index (κ1) is 92.1. The van der Waals surface area contributed by atoms with E-state index in [0.717, 1.165) is 114 Å². The number of carbonyl (C=O) groups excluding carboxylic acids is 4. The summed E-state index contributed by atoms with van der Waals surface area (Å²) in [5.74, 6) is 0.927. The summed E-state index contributed by atoms with van der Waals surface area (Å²) in [6.45, 7) is 14.2. The normalized spacial score (nSPS) is 14.4. The number of aliphatic hydroxyl groups excluding tert-OH is 1. The first-order valence-electron chi connectivity index (χ1n) is 38.7. The molecule has 4 unspecified atom stereocenters. The van der Waals surface area contributed by atoms with Gasteiger partial charge in [0.25, 0.3) is 0 Å². The van der Waals surface area contributed by atoms with Crippen LogP contribution in [0.2, 0.25) is 0 Å². The molecular weight excluding hydrogens is 1230 g/mol. The van der Waals surface area contributed by atoms with Crippen LogP contribution in [-0.2, 0) is 65.4 Å². The topological polar surface area (TPSA) is 237 Å². The third kappa shape index (κ3) is 67.3. The summed E-state index contributed by atoms with van der Waals surface area (Å²) >= 11 is 0. The smallest absolute Gasteiger partial charge is 0.462 e. The predicted molar refractivity (Wildman–Crippen MR) is 381 cm³/mol. The quantitative estimate of drug-likeness (QED) is 0.0222. The number of hydrogen-bond acceptors (Lipinski definition) is 15. The van der Waals surface area contributed by atoms with E-state index >= 15 is 0 Å². The minimum atomic E-state index is -4.96. The van der Waals surface area contributed by atoms with Gasteiger partial charge in [-0.15, -0.1) is 0 Å². The number of ether oxygens (including phenoxy) is 4. The molecule has 6 atom stereocenters. The maximum absolute atomic E-state index is 13.1. The van der Waals surface area contributed by atoms with Crippen LogP contribution in [0.1, 0.15) is 376 Å². The number of phosphoric ester groups is 2. The molecule has 0 rings (SSSR count). The molecule has 0 aliphatic heterocycles. The second-order valence-electron chi connectivity index (χ2n) is 28.7. The van der Waals surface area contributed by atoms with E-state index in [-0.39, 0.29) is 25.7 Å². The Kier molecular flexibility index (Phi) is 63.1. The van der Waals surface area contributed by atoms with Crippen molar-refractivity contribution in [1.29, 1.82) is 0 Å². The lowest BCUT2D eigenvalue weighted by Gasteiger charge is -2.21. The van der Waals surface area contributed by atoms with Gasteiger partial charge in [-0.3, -0.25) is 37.3 Å². The van der Waals surface area contributed by atoms with Crippen molar-refractivity contribution in [3.8, 4) is 0 Å². The summed E-state index contributed by atoms with van der Waals surface area (Å²) in [4.78, 5) is 72.8. The van der Waals surface area contributed by atoms with Crippen LogP contribution in [-0.4, -0.2) is 96.7 Å². The summed E-state index contributed by atoms with van der Waals surface area (Å²) in [5, 5.41) is 10.6. The van der Waals surface area contributed by atoms with Gasteiger partial charge in [-0.1, -0.05) is 325 Å². The van der Waals surface area contributed by atoms with Crippen LogP contribution in [0.25, 0.3) is 0 Å². The molecule has 0 aromatic heterocycles. The van der Waals surface area contributed by atoms with Crippen molar-refractivity contribution in [1.82, 2.24) is 0 Å². The summed E-state index contributed by atoms with van der Waals surface area (Å²) < 4.78 is 68.5. The Labute approximate surface area is 575 Å². The number of esters is 4. The molecule has 0 amide bonds. The average molecular weight is 1380 g/mol. The number of phosphoric acid groups is 2. The van der Waals surface area contributed by atoms with Crippen molar-refractivity contribution in [3.05, 3.63) is 0 Å². The van der Waals surface area contributed by atoms with Crippen molar-refractivity contribution >= 4 is 39.5 Å². The van der Waals surface area contributed by atoms with Crippen molar-refractivity contribution < 1.29 is 80.2 Å². The van der Waals surface area contributed by atoms with Crippen molar-refractivity contribution in [2.24, 2.45) is 23.7 Å². The Balaban J connectivity index is 5.24. The number of hydrogen-bond donors (Lipinski definition) is 3. The van der Waals surface area contributed by atoms with E-state index in [4.69, 9.17) is 37.0 Å².